The molecule has 24 heavy (non-hydrogen) atoms. The van der Waals surface area contributed by atoms with Gasteiger partial charge in [-0.3, -0.25) is 4.79 Å². The van der Waals surface area contributed by atoms with E-state index < -0.39 is 6.03 Å². The van der Waals surface area contributed by atoms with Crippen molar-refractivity contribution in [3.05, 3.63) is 58.1 Å². The maximum Gasteiger partial charge on any atom is 0.319 e. The van der Waals surface area contributed by atoms with Crippen LogP contribution in [0.3, 0.4) is 0 Å². The number of carbonyl (C=O) groups is 2. The number of anilines is 2. The zero-order chi connectivity index (χ0) is 17.7. The van der Waals surface area contributed by atoms with E-state index in [0.717, 1.165) is 5.56 Å². The molecule has 0 aliphatic carbocycles. The van der Waals surface area contributed by atoms with E-state index in [2.05, 4.69) is 16.0 Å². The molecule has 0 aliphatic rings. The predicted octanol–water partition coefficient (Wildman–Crippen LogP) is 4.83. The molecule has 0 aliphatic heterocycles. The molecule has 2 rings (SSSR count). The van der Waals surface area contributed by atoms with Crippen LogP contribution in [0.2, 0.25) is 10.0 Å². The van der Waals surface area contributed by atoms with Gasteiger partial charge in [-0.05, 0) is 42.8 Å². The minimum absolute atomic E-state index is 0.152. The third-order valence-corrected chi connectivity index (χ3v) is 3.80. The summed E-state index contributed by atoms with van der Waals surface area (Å²) in [5.74, 6) is -0.152. The largest absolute Gasteiger partial charge is 0.331 e. The molecule has 7 heteroatoms. The van der Waals surface area contributed by atoms with E-state index in [9.17, 15) is 9.59 Å². The van der Waals surface area contributed by atoms with E-state index in [1.807, 2.05) is 19.1 Å². The lowest BCUT2D eigenvalue weighted by molar-refractivity contribution is -0.114. The number of nitrogens with one attached hydrogen (secondary N) is 3. The quantitative estimate of drug-likeness (QED) is 0.725. The molecule has 126 valence electrons. The lowest BCUT2D eigenvalue weighted by Gasteiger charge is -2.16. The van der Waals surface area contributed by atoms with E-state index in [4.69, 9.17) is 23.2 Å². The Morgan fingerprint density at radius 2 is 1.79 bits per heavy atom. The van der Waals surface area contributed by atoms with Gasteiger partial charge in [0, 0.05) is 17.6 Å². The lowest BCUT2D eigenvalue weighted by atomic mass is 10.1. The lowest BCUT2D eigenvalue weighted by Crippen LogP contribution is -2.31. The van der Waals surface area contributed by atoms with Crippen LogP contribution in [-0.2, 0) is 4.79 Å². The molecule has 0 fully saturated rings. The van der Waals surface area contributed by atoms with Crippen LogP contribution < -0.4 is 16.0 Å². The van der Waals surface area contributed by atoms with Crippen molar-refractivity contribution in [1.29, 1.82) is 0 Å². The summed E-state index contributed by atoms with van der Waals surface area (Å²) in [6.45, 7) is 3.28. The number of hydrogen-bond donors (Lipinski definition) is 3. The molecule has 0 aromatic heterocycles. The van der Waals surface area contributed by atoms with Gasteiger partial charge in [0.05, 0.1) is 16.8 Å². The van der Waals surface area contributed by atoms with Crippen molar-refractivity contribution in [3.8, 4) is 0 Å². The first-order chi connectivity index (χ1) is 11.3. The standard InChI is InChI=1S/C17H17Cl2N3O2/c1-10(12-4-3-5-14(8-12)21-11(2)23)20-17(24)22-16-9-13(18)6-7-15(16)19/h3-10H,1-2H3,(H,21,23)(H2,20,22,24)/t10-/m0/s1. The summed E-state index contributed by atoms with van der Waals surface area (Å²) in [5.41, 5.74) is 1.96. The van der Waals surface area contributed by atoms with Crippen molar-refractivity contribution >= 4 is 46.5 Å². The van der Waals surface area contributed by atoms with Crippen LogP contribution >= 0.6 is 23.2 Å². The highest BCUT2D eigenvalue weighted by atomic mass is 35.5. The fourth-order valence-electron chi connectivity index (χ4n) is 2.12. The molecule has 2 aromatic carbocycles. The van der Waals surface area contributed by atoms with Gasteiger partial charge in [-0.2, -0.15) is 0 Å². The van der Waals surface area contributed by atoms with Crippen molar-refractivity contribution in [2.24, 2.45) is 0 Å². The average molecular weight is 366 g/mol. The molecular formula is C17H17Cl2N3O2. The summed E-state index contributed by atoms with van der Waals surface area (Å²) in [6, 6.07) is 11.4. The van der Waals surface area contributed by atoms with Crippen LogP contribution in [0.5, 0.6) is 0 Å². The molecule has 0 bridgehead atoms. The molecule has 3 N–H and O–H groups in total. The highest BCUT2D eigenvalue weighted by Gasteiger charge is 2.12. The van der Waals surface area contributed by atoms with E-state index in [0.29, 0.717) is 21.4 Å². The van der Waals surface area contributed by atoms with Crippen LogP contribution in [0.1, 0.15) is 25.5 Å². The molecule has 0 saturated carbocycles. The van der Waals surface area contributed by atoms with Crippen LogP contribution in [-0.4, -0.2) is 11.9 Å². The van der Waals surface area contributed by atoms with Gasteiger partial charge in [0.25, 0.3) is 0 Å². The summed E-state index contributed by atoms with van der Waals surface area (Å²) in [7, 11) is 0. The summed E-state index contributed by atoms with van der Waals surface area (Å²) < 4.78 is 0. The number of benzene rings is 2. The summed E-state index contributed by atoms with van der Waals surface area (Å²) in [6.07, 6.45) is 0. The van der Waals surface area contributed by atoms with Gasteiger partial charge >= 0.3 is 6.03 Å². The fourth-order valence-corrected chi connectivity index (χ4v) is 2.46. The van der Waals surface area contributed by atoms with Gasteiger partial charge in [0.15, 0.2) is 0 Å². The van der Waals surface area contributed by atoms with Crippen LogP contribution in [0.15, 0.2) is 42.5 Å². The zero-order valence-electron chi connectivity index (χ0n) is 13.2. The first-order valence-electron chi connectivity index (χ1n) is 7.25. The van der Waals surface area contributed by atoms with E-state index in [-0.39, 0.29) is 11.9 Å². The number of carbonyl (C=O) groups excluding carboxylic acids is 2. The number of amides is 3. The molecule has 2 aromatic rings. The van der Waals surface area contributed by atoms with Crippen LogP contribution in [0, 0.1) is 0 Å². The van der Waals surface area contributed by atoms with Gasteiger partial charge in [0.1, 0.15) is 0 Å². The summed E-state index contributed by atoms with van der Waals surface area (Å²) in [5, 5.41) is 9.05. The van der Waals surface area contributed by atoms with Gasteiger partial charge in [-0.25, -0.2) is 4.79 Å². The SMILES string of the molecule is CC(=O)Nc1cccc([C@H](C)NC(=O)Nc2cc(Cl)ccc2Cl)c1. The Morgan fingerprint density at radius 1 is 1.04 bits per heavy atom. The molecule has 0 heterocycles. The Hall–Kier alpha value is -2.24. The smallest absolute Gasteiger partial charge is 0.319 e. The van der Waals surface area contributed by atoms with Crippen molar-refractivity contribution in [2.45, 2.75) is 19.9 Å². The first kappa shape index (κ1) is 18.1. The van der Waals surface area contributed by atoms with Gasteiger partial charge < -0.3 is 16.0 Å². The zero-order valence-corrected chi connectivity index (χ0v) is 14.7. The maximum atomic E-state index is 12.1. The number of hydrogen-bond acceptors (Lipinski definition) is 2. The van der Waals surface area contributed by atoms with Crippen LogP contribution in [0.4, 0.5) is 16.2 Å². The fraction of sp³-hybridized carbons (Fsp3) is 0.176. The number of rotatable bonds is 4. The van der Waals surface area contributed by atoms with Crippen molar-refractivity contribution in [2.75, 3.05) is 10.6 Å². The van der Waals surface area contributed by atoms with Gasteiger partial charge in [-0.1, -0.05) is 35.3 Å². The Balaban J connectivity index is 2.03. The second-order valence-electron chi connectivity index (χ2n) is 5.25. The molecule has 1 atom stereocenters. The average Bonchev–Trinajstić information content (AvgIpc) is 2.50. The van der Waals surface area contributed by atoms with Crippen molar-refractivity contribution in [3.63, 3.8) is 0 Å². The minimum Gasteiger partial charge on any atom is -0.331 e. The third kappa shape index (κ3) is 5.15. The molecule has 0 radical (unpaired) electrons. The molecule has 0 saturated heterocycles. The summed E-state index contributed by atoms with van der Waals surface area (Å²) >= 11 is 11.9. The Labute approximate surface area is 150 Å². The second-order valence-corrected chi connectivity index (χ2v) is 6.09. The Bertz CT molecular complexity index is 765. The second kappa shape index (κ2) is 8.04. The normalized spacial score (nSPS) is 11.5. The summed E-state index contributed by atoms with van der Waals surface area (Å²) in [4.78, 5) is 23.2. The molecule has 5 nitrogen and oxygen atoms in total. The Kier molecular flexibility index (Phi) is 6.06. The highest BCUT2D eigenvalue weighted by molar-refractivity contribution is 6.35. The molecular weight excluding hydrogens is 349 g/mol. The Morgan fingerprint density at radius 3 is 2.50 bits per heavy atom. The first-order valence-corrected chi connectivity index (χ1v) is 8.01. The topological polar surface area (TPSA) is 70.2 Å². The van der Waals surface area contributed by atoms with Crippen LogP contribution in [0.25, 0.3) is 0 Å². The number of halogens is 2. The minimum atomic E-state index is -0.406. The maximum absolute atomic E-state index is 12.1. The highest BCUT2D eigenvalue weighted by Crippen LogP contribution is 2.25. The van der Waals surface area contributed by atoms with E-state index in [1.54, 1.807) is 30.3 Å². The molecule has 0 unspecified atom stereocenters. The number of urea groups is 1. The van der Waals surface area contributed by atoms with Crippen molar-refractivity contribution < 1.29 is 9.59 Å². The monoisotopic (exact) mass is 365 g/mol. The predicted molar refractivity (Wildman–Crippen MR) is 97.8 cm³/mol. The van der Waals surface area contributed by atoms with E-state index in [1.165, 1.54) is 6.92 Å². The van der Waals surface area contributed by atoms with Crippen molar-refractivity contribution in [1.82, 2.24) is 5.32 Å². The van der Waals surface area contributed by atoms with Gasteiger partial charge in [0.2, 0.25) is 5.91 Å². The molecule has 0 spiro atoms. The third-order valence-electron chi connectivity index (χ3n) is 3.23. The van der Waals surface area contributed by atoms with E-state index >= 15 is 0 Å². The van der Waals surface area contributed by atoms with Gasteiger partial charge in [-0.15, -0.1) is 0 Å². The molecule has 3 amide bonds.